The average molecular weight is 420 g/mol. The molecule has 0 N–H and O–H groups in total. The lowest BCUT2D eigenvalue weighted by Crippen LogP contribution is -2.29. The van der Waals surface area contributed by atoms with Crippen LogP contribution in [0.3, 0.4) is 0 Å². The highest BCUT2D eigenvalue weighted by molar-refractivity contribution is 7.91. The van der Waals surface area contributed by atoms with Crippen molar-refractivity contribution in [1.82, 2.24) is 20.1 Å². The minimum absolute atomic E-state index is 0.445. The quantitative estimate of drug-likeness (QED) is 0.478. The minimum atomic E-state index is -3.35. The van der Waals surface area contributed by atoms with E-state index >= 15 is 0 Å². The molecule has 0 saturated carbocycles. The Bertz CT molecular complexity index is 1300. The van der Waals surface area contributed by atoms with E-state index in [1.165, 1.54) is 6.26 Å². The average Bonchev–Trinajstić information content (AvgIpc) is 3.24. The first-order valence-electron chi connectivity index (χ1n) is 9.27. The highest BCUT2D eigenvalue weighted by atomic mass is 32.2. The van der Waals surface area contributed by atoms with Gasteiger partial charge in [-0.05, 0) is 26.0 Å². The van der Waals surface area contributed by atoms with Crippen molar-refractivity contribution >= 4 is 9.84 Å². The van der Waals surface area contributed by atoms with Crippen LogP contribution < -0.4 is 0 Å². The second-order valence-electron chi connectivity index (χ2n) is 7.44. The number of hydrogen-bond donors (Lipinski definition) is 0. The molecule has 0 aliphatic rings. The molecule has 4 aromatic rings. The van der Waals surface area contributed by atoms with Gasteiger partial charge in [-0.15, -0.1) is 0 Å². The van der Waals surface area contributed by atoms with E-state index in [-0.39, 0.29) is 0 Å². The van der Waals surface area contributed by atoms with Crippen molar-refractivity contribution < 1.29 is 12.9 Å². The molecule has 0 fully saturated rings. The Labute approximate surface area is 174 Å². The Kier molecular flexibility index (Phi) is 4.95. The summed E-state index contributed by atoms with van der Waals surface area (Å²) >= 11 is 0. The number of benzene rings is 1. The third-order valence-corrected chi connectivity index (χ3v) is 7.13. The van der Waals surface area contributed by atoms with Gasteiger partial charge in [-0.1, -0.05) is 35.5 Å². The van der Waals surface area contributed by atoms with Gasteiger partial charge in [0.15, 0.2) is 15.6 Å². The van der Waals surface area contributed by atoms with Gasteiger partial charge in [-0.3, -0.25) is 9.97 Å². The van der Waals surface area contributed by atoms with E-state index in [0.717, 1.165) is 5.56 Å². The zero-order chi connectivity index (χ0) is 21.4. The number of sulfone groups is 1. The summed E-state index contributed by atoms with van der Waals surface area (Å²) in [6, 6.07) is 15.0. The maximum Gasteiger partial charge on any atom is 0.187 e. The first-order valence-corrected chi connectivity index (χ1v) is 11.2. The second-order valence-corrected chi connectivity index (χ2v) is 10.0. The lowest BCUT2D eigenvalue weighted by molar-refractivity contribution is 0.433. The van der Waals surface area contributed by atoms with Gasteiger partial charge in [-0.2, -0.15) is 0 Å². The minimum Gasteiger partial charge on any atom is -0.354 e. The molecular weight excluding hydrogens is 400 g/mol. The zero-order valence-electron chi connectivity index (χ0n) is 16.8. The lowest BCUT2D eigenvalue weighted by Gasteiger charge is -2.22. The first kappa shape index (κ1) is 19.9. The predicted molar refractivity (Wildman–Crippen MR) is 114 cm³/mol. The Balaban J connectivity index is 1.70. The SMILES string of the molecule is CC(C)(c1cc(-c2cncc(-c3cc(-c4ccccc4)no3)n2)ccn1)S(C)(=O)=O. The third-order valence-electron chi connectivity index (χ3n) is 5.07. The summed E-state index contributed by atoms with van der Waals surface area (Å²) in [6.07, 6.45) is 6.00. The van der Waals surface area contributed by atoms with Gasteiger partial charge >= 0.3 is 0 Å². The number of nitrogens with zero attached hydrogens (tertiary/aromatic N) is 4. The van der Waals surface area contributed by atoms with E-state index in [1.807, 2.05) is 36.4 Å². The van der Waals surface area contributed by atoms with Crippen LogP contribution in [0.25, 0.3) is 34.0 Å². The second kappa shape index (κ2) is 7.46. The lowest BCUT2D eigenvalue weighted by atomic mass is 10.1. The topological polar surface area (TPSA) is 98.8 Å². The van der Waals surface area contributed by atoms with Gasteiger partial charge in [0.2, 0.25) is 0 Å². The Morgan fingerprint density at radius 1 is 0.900 bits per heavy atom. The van der Waals surface area contributed by atoms with Crippen molar-refractivity contribution in [2.75, 3.05) is 6.26 Å². The summed E-state index contributed by atoms with van der Waals surface area (Å²) in [6.45, 7) is 3.27. The summed E-state index contributed by atoms with van der Waals surface area (Å²) in [5.74, 6) is 0.494. The Morgan fingerprint density at radius 3 is 2.37 bits per heavy atom. The molecule has 0 bridgehead atoms. The molecule has 7 nitrogen and oxygen atoms in total. The van der Waals surface area contributed by atoms with Gasteiger partial charge in [-0.25, -0.2) is 13.4 Å². The molecule has 0 aliphatic heterocycles. The fourth-order valence-electron chi connectivity index (χ4n) is 2.87. The number of hydrogen-bond acceptors (Lipinski definition) is 7. The Hall–Kier alpha value is -3.39. The van der Waals surface area contributed by atoms with Crippen molar-refractivity contribution in [2.45, 2.75) is 18.6 Å². The van der Waals surface area contributed by atoms with Gasteiger partial charge in [0.05, 0.1) is 23.8 Å². The Morgan fingerprint density at radius 2 is 1.63 bits per heavy atom. The normalized spacial score (nSPS) is 12.1. The molecule has 4 rings (SSSR count). The van der Waals surface area contributed by atoms with Crippen molar-refractivity contribution in [2.24, 2.45) is 0 Å². The van der Waals surface area contributed by atoms with E-state index < -0.39 is 14.6 Å². The molecule has 0 atom stereocenters. The summed E-state index contributed by atoms with van der Waals surface area (Å²) in [5, 5.41) is 4.12. The van der Waals surface area contributed by atoms with Gasteiger partial charge in [0.25, 0.3) is 0 Å². The highest BCUT2D eigenvalue weighted by Crippen LogP contribution is 2.31. The molecule has 0 radical (unpaired) electrons. The zero-order valence-corrected chi connectivity index (χ0v) is 17.6. The molecule has 3 aromatic heterocycles. The first-order chi connectivity index (χ1) is 14.3. The molecule has 0 aliphatic carbocycles. The number of pyridine rings is 1. The summed E-state index contributed by atoms with van der Waals surface area (Å²) in [7, 11) is -3.35. The number of rotatable bonds is 5. The molecule has 0 saturated heterocycles. The van der Waals surface area contributed by atoms with E-state index in [2.05, 4.69) is 20.1 Å². The van der Waals surface area contributed by atoms with Crippen LogP contribution in [0.2, 0.25) is 0 Å². The van der Waals surface area contributed by atoms with Crippen LogP contribution >= 0.6 is 0 Å². The molecule has 0 unspecified atom stereocenters. The van der Waals surface area contributed by atoms with Crippen LogP contribution in [0.4, 0.5) is 0 Å². The van der Waals surface area contributed by atoms with Crippen LogP contribution in [-0.2, 0) is 14.6 Å². The fraction of sp³-hybridized carbons (Fsp3) is 0.182. The molecule has 1 aromatic carbocycles. The fourth-order valence-corrected chi connectivity index (χ4v) is 3.37. The number of aromatic nitrogens is 4. The molecule has 152 valence electrons. The van der Waals surface area contributed by atoms with Crippen molar-refractivity contribution in [1.29, 1.82) is 0 Å². The molecular formula is C22H20N4O3S. The molecule has 3 heterocycles. The predicted octanol–water partition coefficient (Wildman–Crippen LogP) is 4.14. The van der Waals surface area contributed by atoms with Crippen molar-refractivity contribution in [3.63, 3.8) is 0 Å². The van der Waals surface area contributed by atoms with Crippen LogP contribution in [0.1, 0.15) is 19.5 Å². The van der Waals surface area contributed by atoms with E-state index in [9.17, 15) is 8.42 Å². The van der Waals surface area contributed by atoms with Gasteiger partial charge in [0, 0.05) is 29.6 Å². The van der Waals surface area contributed by atoms with Crippen molar-refractivity contribution in [3.8, 4) is 34.0 Å². The van der Waals surface area contributed by atoms with Crippen LogP contribution in [-0.4, -0.2) is 34.8 Å². The summed E-state index contributed by atoms with van der Waals surface area (Å²) in [5.41, 5.74) is 3.92. The van der Waals surface area contributed by atoms with Gasteiger partial charge < -0.3 is 4.52 Å². The summed E-state index contributed by atoms with van der Waals surface area (Å²) < 4.78 is 28.7. The van der Waals surface area contributed by atoms with E-state index in [4.69, 9.17) is 4.52 Å². The van der Waals surface area contributed by atoms with Crippen LogP contribution in [0.15, 0.2) is 71.6 Å². The largest absolute Gasteiger partial charge is 0.354 e. The van der Waals surface area contributed by atoms with Crippen LogP contribution in [0, 0.1) is 0 Å². The van der Waals surface area contributed by atoms with E-state index in [0.29, 0.717) is 34.1 Å². The highest BCUT2D eigenvalue weighted by Gasteiger charge is 2.34. The van der Waals surface area contributed by atoms with E-state index in [1.54, 1.807) is 44.6 Å². The maximum atomic E-state index is 12.2. The molecule has 0 spiro atoms. The monoisotopic (exact) mass is 420 g/mol. The van der Waals surface area contributed by atoms with Gasteiger partial charge in [0.1, 0.15) is 16.1 Å². The summed E-state index contributed by atoms with van der Waals surface area (Å²) in [4.78, 5) is 13.2. The molecule has 0 amide bonds. The standard InChI is InChI=1S/C22H20N4O3S/c1-22(2,30(3,27)28)21-11-16(9-10-24-21)18-13-23-14-19(25-18)20-12-17(26-29-20)15-7-5-4-6-8-15/h4-14H,1-3H3. The molecule has 8 heteroatoms. The van der Waals surface area contributed by atoms with Crippen molar-refractivity contribution in [3.05, 3.63) is 72.8 Å². The van der Waals surface area contributed by atoms with Crippen LogP contribution in [0.5, 0.6) is 0 Å². The third kappa shape index (κ3) is 3.73. The molecule has 30 heavy (non-hydrogen) atoms. The maximum absolute atomic E-state index is 12.2. The smallest absolute Gasteiger partial charge is 0.187 e.